The van der Waals surface area contributed by atoms with E-state index in [1.165, 1.54) is 32.6 Å². The van der Waals surface area contributed by atoms with Gasteiger partial charge in [0.2, 0.25) is 0 Å². The summed E-state index contributed by atoms with van der Waals surface area (Å²) < 4.78 is 24.6. The average Bonchev–Trinajstić information content (AvgIpc) is 2.07. The van der Waals surface area contributed by atoms with Gasteiger partial charge in [0, 0.05) is 81.9 Å². The van der Waals surface area contributed by atoms with Crippen molar-refractivity contribution in [1.29, 1.82) is 0 Å². The first-order valence-corrected chi connectivity index (χ1v) is 30.0. The molecular formula is C81H47N5O3. The molecule has 414 valence electrons. The van der Waals surface area contributed by atoms with Crippen LogP contribution >= 0.6 is 0 Å². The monoisotopic (exact) mass is 1140 g/mol. The number of fused-ring (bicyclic) bond motifs is 15. The van der Waals surface area contributed by atoms with Crippen molar-refractivity contribution in [2.75, 3.05) is 0 Å². The summed E-state index contributed by atoms with van der Waals surface area (Å²) in [5.41, 5.74) is 20.5. The van der Waals surface area contributed by atoms with Crippen LogP contribution < -0.4 is 0 Å². The number of hydrogen-bond donors (Lipinski definition) is 0. The van der Waals surface area contributed by atoms with E-state index in [1.807, 2.05) is 30.3 Å². The Labute approximate surface area is 508 Å². The molecule has 6 aromatic heterocycles. The number of nitrogens with zero attached hydrogens (tertiary/aromatic N) is 5. The van der Waals surface area contributed by atoms with E-state index < -0.39 is 0 Å². The number of hydrogen-bond acceptors (Lipinski definition) is 6. The number of benzene rings is 13. The van der Waals surface area contributed by atoms with E-state index in [2.05, 4.69) is 264 Å². The molecule has 8 heteroatoms. The Morgan fingerprint density at radius 1 is 0.213 bits per heavy atom. The minimum atomic E-state index is 0.528. The van der Waals surface area contributed by atoms with Crippen molar-refractivity contribution in [3.63, 3.8) is 0 Å². The predicted octanol–water partition coefficient (Wildman–Crippen LogP) is 21.8. The van der Waals surface area contributed by atoms with Crippen LogP contribution in [-0.4, -0.2) is 24.1 Å². The van der Waals surface area contributed by atoms with Gasteiger partial charge in [0.15, 0.2) is 17.5 Å². The van der Waals surface area contributed by atoms with Crippen molar-refractivity contribution >= 4 is 109 Å². The molecule has 0 atom stereocenters. The van der Waals surface area contributed by atoms with Gasteiger partial charge in [-0.1, -0.05) is 170 Å². The highest BCUT2D eigenvalue weighted by atomic mass is 16.3. The predicted molar refractivity (Wildman–Crippen MR) is 363 cm³/mol. The van der Waals surface area contributed by atoms with Crippen LogP contribution in [0.3, 0.4) is 0 Å². The highest BCUT2D eigenvalue weighted by Gasteiger charge is 2.23. The molecule has 19 rings (SSSR count). The van der Waals surface area contributed by atoms with E-state index in [0.29, 0.717) is 17.5 Å². The number of rotatable bonds is 8. The summed E-state index contributed by atoms with van der Waals surface area (Å²) in [7, 11) is 0. The Balaban J connectivity index is 0.747. The van der Waals surface area contributed by atoms with Crippen LogP contribution in [0, 0.1) is 0 Å². The van der Waals surface area contributed by atoms with Crippen LogP contribution in [0.15, 0.2) is 298 Å². The van der Waals surface area contributed by atoms with Crippen molar-refractivity contribution in [2.45, 2.75) is 0 Å². The lowest BCUT2D eigenvalue weighted by Crippen LogP contribution is -2.01. The van der Waals surface area contributed by atoms with Gasteiger partial charge in [0.05, 0.1) is 22.1 Å². The summed E-state index contributed by atoms with van der Waals surface area (Å²) in [6.07, 6.45) is 0. The van der Waals surface area contributed by atoms with Crippen LogP contribution in [0.25, 0.3) is 188 Å². The molecule has 0 aliphatic heterocycles. The maximum Gasteiger partial charge on any atom is 0.164 e. The zero-order chi connectivity index (χ0) is 58.3. The van der Waals surface area contributed by atoms with Gasteiger partial charge < -0.3 is 22.4 Å². The van der Waals surface area contributed by atoms with E-state index in [4.69, 9.17) is 28.2 Å². The first-order chi connectivity index (χ1) is 44.1. The minimum Gasteiger partial charge on any atom is -0.456 e. The van der Waals surface area contributed by atoms with Gasteiger partial charge in [-0.15, -0.1) is 0 Å². The Bertz CT molecular complexity index is 6080. The number of aromatic nitrogens is 5. The minimum absolute atomic E-state index is 0.528. The molecule has 0 radical (unpaired) electrons. The lowest BCUT2D eigenvalue weighted by atomic mass is 9.96. The van der Waals surface area contributed by atoms with Gasteiger partial charge >= 0.3 is 0 Å². The molecular weight excluding hydrogens is 1090 g/mol. The summed E-state index contributed by atoms with van der Waals surface area (Å²) in [5, 5.41) is 11.0. The van der Waals surface area contributed by atoms with E-state index in [9.17, 15) is 0 Å². The van der Waals surface area contributed by atoms with Crippen molar-refractivity contribution in [3.8, 4) is 78.9 Å². The van der Waals surface area contributed by atoms with Crippen molar-refractivity contribution in [1.82, 2.24) is 24.1 Å². The second kappa shape index (κ2) is 19.2. The number of furan rings is 3. The molecule has 0 N–H and O–H groups in total. The Hall–Kier alpha value is -12.1. The van der Waals surface area contributed by atoms with E-state index in [0.717, 1.165) is 138 Å². The second-order valence-electron chi connectivity index (χ2n) is 23.0. The molecule has 6 heterocycles. The van der Waals surface area contributed by atoms with Gasteiger partial charge in [0.25, 0.3) is 0 Å². The molecule has 19 aromatic rings. The molecule has 0 amide bonds. The van der Waals surface area contributed by atoms with E-state index >= 15 is 0 Å². The quantitative estimate of drug-likeness (QED) is 0.151. The fraction of sp³-hybridized carbons (Fsp3) is 0. The lowest BCUT2D eigenvalue weighted by Gasteiger charge is -2.12. The van der Waals surface area contributed by atoms with Crippen LogP contribution in [0.4, 0.5) is 0 Å². The van der Waals surface area contributed by atoms with Gasteiger partial charge in [-0.3, -0.25) is 0 Å². The fourth-order valence-electron chi connectivity index (χ4n) is 13.9. The SMILES string of the molecule is c1ccc(-n2c3ccccc3c3cc(-c4ccc5c(c4)oc4cccc(-c6ccc7oc8cccc(-c9nc(-c%10cccc(-c%11ccc%12c(c%11)oc%11ccccc%11%12)c%10)nc(-c%10cccc(-n%11c%12ccccc%12c%12ccccc%12%11)c%10)n9)c8c7c6)c45)ccc32)cc1. The maximum atomic E-state index is 6.79. The molecule has 8 nitrogen and oxygen atoms in total. The standard InChI is InChI=1S/C81H47N5O3/c1-2-19-55(20-3-1)85-69-30-10-6-24-60(69)65-44-49(36-40-70(65)85)51-35-39-63-76(47-51)89-73-32-14-26-57(77(63)73)52-37-41-72-66(45-52)78-64(27-15-33-74(78)87-72)81-83-79(53-17-12-16-48(42-53)50-34-38-62-61-25-7-11-31-71(61)88-75(62)46-50)82-80(84-81)54-18-13-21-56(43-54)86-67-28-8-4-22-58(67)59-23-5-9-29-68(59)86/h1-47H. The normalized spacial score (nSPS) is 12.0. The highest BCUT2D eigenvalue weighted by molar-refractivity contribution is 6.17. The van der Waals surface area contributed by atoms with Crippen LogP contribution in [0.2, 0.25) is 0 Å². The third-order valence-electron chi connectivity index (χ3n) is 18.0. The van der Waals surface area contributed by atoms with Gasteiger partial charge in [0.1, 0.15) is 33.5 Å². The summed E-state index contributed by atoms with van der Waals surface area (Å²) in [6, 6.07) is 100. The van der Waals surface area contributed by atoms with Crippen LogP contribution in [0.5, 0.6) is 0 Å². The van der Waals surface area contributed by atoms with Crippen LogP contribution in [0.1, 0.15) is 0 Å². The molecule has 89 heavy (non-hydrogen) atoms. The first kappa shape index (κ1) is 49.2. The number of para-hydroxylation sites is 5. The van der Waals surface area contributed by atoms with Gasteiger partial charge in [-0.25, -0.2) is 15.0 Å². The van der Waals surface area contributed by atoms with E-state index in [-0.39, 0.29) is 0 Å². The molecule has 0 saturated heterocycles. The lowest BCUT2D eigenvalue weighted by molar-refractivity contribution is 0.668. The van der Waals surface area contributed by atoms with Crippen LogP contribution in [-0.2, 0) is 0 Å². The van der Waals surface area contributed by atoms with Crippen molar-refractivity contribution < 1.29 is 13.3 Å². The smallest absolute Gasteiger partial charge is 0.164 e. The summed E-state index contributed by atoms with van der Waals surface area (Å²) in [4.78, 5) is 16.2. The van der Waals surface area contributed by atoms with Gasteiger partial charge in [-0.2, -0.15) is 0 Å². The topological polar surface area (TPSA) is 88.0 Å². The van der Waals surface area contributed by atoms with Gasteiger partial charge in [-0.05, 0) is 149 Å². The molecule has 13 aromatic carbocycles. The third kappa shape index (κ3) is 7.70. The second-order valence-corrected chi connectivity index (χ2v) is 23.0. The largest absolute Gasteiger partial charge is 0.456 e. The molecule has 0 aliphatic rings. The fourth-order valence-corrected chi connectivity index (χ4v) is 13.9. The third-order valence-corrected chi connectivity index (χ3v) is 18.0. The Morgan fingerprint density at radius 2 is 0.652 bits per heavy atom. The zero-order valence-corrected chi connectivity index (χ0v) is 47.6. The Kier molecular flexibility index (Phi) is 10.6. The summed E-state index contributed by atoms with van der Waals surface area (Å²) >= 11 is 0. The molecule has 0 bridgehead atoms. The molecule has 0 unspecified atom stereocenters. The highest BCUT2D eigenvalue weighted by Crippen LogP contribution is 2.44. The maximum absolute atomic E-state index is 6.79. The average molecular weight is 1140 g/mol. The Morgan fingerprint density at radius 3 is 1.39 bits per heavy atom. The zero-order valence-electron chi connectivity index (χ0n) is 47.6. The summed E-state index contributed by atoms with van der Waals surface area (Å²) in [6.45, 7) is 0. The molecule has 0 spiro atoms. The molecule has 0 fully saturated rings. The molecule has 0 aliphatic carbocycles. The first-order valence-electron chi connectivity index (χ1n) is 30.0. The van der Waals surface area contributed by atoms with Crippen molar-refractivity contribution in [3.05, 3.63) is 285 Å². The van der Waals surface area contributed by atoms with Crippen molar-refractivity contribution in [2.24, 2.45) is 0 Å². The summed E-state index contributed by atoms with van der Waals surface area (Å²) in [5.74, 6) is 1.62. The molecule has 0 saturated carbocycles. The van der Waals surface area contributed by atoms with E-state index in [1.54, 1.807) is 0 Å².